The Labute approximate surface area is 152 Å². The number of rotatable bonds is 6. The molecule has 3 aromatic rings. The highest BCUT2D eigenvalue weighted by Crippen LogP contribution is 2.35. The molecule has 0 aliphatic carbocycles. The minimum atomic E-state index is -0.527. The van der Waals surface area contributed by atoms with Crippen LogP contribution in [0.25, 0.3) is 21.3 Å². The maximum absolute atomic E-state index is 12.3. The maximum Gasteiger partial charge on any atom is 0.358 e. The summed E-state index contributed by atoms with van der Waals surface area (Å²) in [5, 5.41) is 11.7. The van der Waals surface area contributed by atoms with E-state index in [2.05, 4.69) is 25.2 Å². The molecule has 0 saturated heterocycles. The molecule has 26 heavy (non-hydrogen) atoms. The molecule has 10 heteroatoms. The van der Waals surface area contributed by atoms with Crippen molar-refractivity contribution in [1.82, 2.24) is 25.2 Å². The Morgan fingerprint density at radius 3 is 2.69 bits per heavy atom. The summed E-state index contributed by atoms with van der Waals surface area (Å²) in [4.78, 5) is 28.9. The molecule has 2 aromatic heterocycles. The number of nitrogens with zero attached hydrogens (tertiary/aromatic N) is 5. The van der Waals surface area contributed by atoms with Gasteiger partial charge in [-0.2, -0.15) is 0 Å². The Morgan fingerprint density at radius 1 is 1.23 bits per heavy atom. The van der Waals surface area contributed by atoms with Crippen LogP contribution in [0.4, 0.5) is 0 Å². The summed E-state index contributed by atoms with van der Waals surface area (Å²) in [5.74, 6) is -0.752. The van der Waals surface area contributed by atoms with Gasteiger partial charge in [0.2, 0.25) is 5.82 Å². The second kappa shape index (κ2) is 7.83. The smallest absolute Gasteiger partial charge is 0.358 e. The van der Waals surface area contributed by atoms with E-state index >= 15 is 0 Å². The summed E-state index contributed by atoms with van der Waals surface area (Å²) in [6, 6.07) is 9.36. The average molecular weight is 373 g/mol. The van der Waals surface area contributed by atoms with Crippen molar-refractivity contribution in [1.29, 1.82) is 0 Å². The van der Waals surface area contributed by atoms with Crippen LogP contribution in [0.1, 0.15) is 17.4 Å². The molecule has 3 rings (SSSR count). The maximum atomic E-state index is 12.3. The predicted octanol–water partition coefficient (Wildman–Crippen LogP) is 1.81. The van der Waals surface area contributed by atoms with Crippen molar-refractivity contribution in [3.05, 3.63) is 36.0 Å². The fourth-order valence-corrected chi connectivity index (χ4v) is 3.24. The number of esters is 2. The van der Waals surface area contributed by atoms with Gasteiger partial charge in [-0.3, -0.25) is 4.79 Å². The third kappa shape index (κ3) is 3.59. The first-order chi connectivity index (χ1) is 12.6. The summed E-state index contributed by atoms with van der Waals surface area (Å²) >= 11 is 1.25. The molecule has 0 bridgehead atoms. The normalized spacial score (nSPS) is 10.5. The Balaban J connectivity index is 2.06. The third-order valence-corrected chi connectivity index (χ3v) is 4.46. The van der Waals surface area contributed by atoms with E-state index in [0.717, 1.165) is 5.56 Å². The van der Waals surface area contributed by atoms with Gasteiger partial charge < -0.3 is 9.47 Å². The van der Waals surface area contributed by atoms with Crippen LogP contribution in [-0.4, -0.2) is 50.8 Å². The van der Waals surface area contributed by atoms with E-state index in [9.17, 15) is 9.59 Å². The first-order valence-corrected chi connectivity index (χ1v) is 8.52. The average Bonchev–Trinajstić information content (AvgIpc) is 3.29. The molecule has 0 saturated carbocycles. The van der Waals surface area contributed by atoms with Gasteiger partial charge in [-0.15, -0.1) is 16.4 Å². The Bertz CT molecular complexity index is 922. The number of hydrogen-bond donors (Lipinski definition) is 0. The highest BCUT2D eigenvalue weighted by atomic mass is 32.1. The van der Waals surface area contributed by atoms with Gasteiger partial charge in [-0.05, 0) is 22.9 Å². The zero-order valence-corrected chi connectivity index (χ0v) is 14.9. The number of thiazole rings is 1. The lowest BCUT2D eigenvalue weighted by Crippen LogP contribution is -2.14. The largest absolute Gasteiger partial charge is 0.468 e. The first kappa shape index (κ1) is 17.7. The lowest BCUT2D eigenvalue weighted by atomic mass is 10.1. The van der Waals surface area contributed by atoms with Gasteiger partial charge in [0, 0.05) is 0 Å². The highest BCUT2D eigenvalue weighted by molar-refractivity contribution is 7.18. The van der Waals surface area contributed by atoms with Crippen LogP contribution < -0.4 is 0 Å². The molecule has 0 radical (unpaired) electrons. The predicted molar refractivity (Wildman–Crippen MR) is 92.3 cm³/mol. The van der Waals surface area contributed by atoms with Gasteiger partial charge in [0.05, 0.1) is 18.6 Å². The summed E-state index contributed by atoms with van der Waals surface area (Å²) in [6.07, 6.45) is 0. The molecule has 0 unspecified atom stereocenters. The number of ether oxygens (including phenoxy) is 2. The van der Waals surface area contributed by atoms with Crippen molar-refractivity contribution >= 4 is 23.3 Å². The molecule has 9 nitrogen and oxygen atoms in total. The lowest BCUT2D eigenvalue weighted by molar-refractivity contribution is -0.141. The summed E-state index contributed by atoms with van der Waals surface area (Å²) in [5.41, 5.74) is 1.01. The standard InChI is InChI=1S/C16H15N5O4S/c1-3-25-16(23)12-13(10-7-5-4-6-8-10)26-15(17-12)14-18-19-20-21(14)9-11(22)24-2/h4-8H,3,9H2,1-2H3. The van der Waals surface area contributed by atoms with Gasteiger partial charge in [0.15, 0.2) is 10.7 Å². The van der Waals surface area contributed by atoms with Crippen LogP contribution in [0.15, 0.2) is 30.3 Å². The molecular weight excluding hydrogens is 358 g/mol. The Morgan fingerprint density at radius 2 is 2.00 bits per heavy atom. The highest BCUT2D eigenvalue weighted by Gasteiger charge is 2.24. The van der Waals surface area contributed by atoms with Crippen LogP contribution in [0.2, 0.25) is 0 Å². The SMILES string of the molecule is CCOC(=O)c1nc(-c2nnnn2CC(=O)OC)sc1-c1ccccc1. The van der Waals surface area contributed by atoms with Crippen molar-refractivity contribution in [2.24, 2.45) is 0 Å². The van der Waals surface area contributed by atoms with E-state index in [1.54, 1.807) is 6.92 Å². The van der Waals surface area contributed by atoms with Crippen molar-refractivity contribution in [3.8, 4) is 21.3 Å². The molecule has 134 valence electrons. The number of hydrogen-bond acceptors (Lipinski definition) is 9. The Kier molecular flexibility index (Phi) is 5.32. The summed E-state index contributed by atoms with van der Waals surface area (Å²) in [7, 11) is 1.28. The molecule has 0 atom stereocenters. The van der Waals surface area contributed by atoms with Gasteiger partial charge in [0.1, 0.15) is 6.54 Å². The molecule has 0 aliphatic heterocycles. The molecular formula is C16H15N5O4S. The molecule has 0 fully saturated rings. The van der Waals surface area contributed by atoms with E-state index in [4.69, 9.17) is 4.74 Å². The van der Waals surface area contributed by atoms with Crippen molar-refractivity contribution in [3.63, 3.8) is 0 Å². The zero-order chi connectivity index (χ0) is 18.5. The fraction of sp³-hybridized carbons (Fsp3) is 0.250. The Hall–Kier alpha value is -3.14. The van der Waals surface area contributed by atoms with Crippen LogP contribution in [0, 0.1) is 0 Å². The van der Waals surface area contributed by atoms with E-state index < -0.39 is 11.9 Å². The van der Waals surface area contributed by atoms with Crippen molar-refractivity contribution in [2.45, 2.75) is 13.5 Å². The molecule has 0 aliphatic rings. The minimum absolute atomic E-state index is 0.159. The van der Waals surface area contributed by atoms with Crippen LogP contribution in [-0.2, 0) is 20.8 Å². The van der Waals surface area contributed by atoms with Crippen LogP contribution in [0.3, 0.4) is 0 Å². The molecule has 0 N–H and O–H groups in total. The third-order valence-electron chi connectivity index (χ3n) is 3.36. The first-order valence-electron chi connectivity index (χ1n) is 7.70. The molecule has 0 amide bonds. The number of tetrazole rings is 1. The van der Waals surface area contributed by atoms with Gasteiger partial charge in [0.25, 0.3) is 0 Å². The van der Waals surface area contributed by atoms with Crippen LogP contribution >= 0.6 is 11.3 Å². The number of carbonyl (C=O) groups excluding carboxylic acids is 2. The monoisotopic (exact) mass is 373 g/mol. The van der Waals surface area contributed by atoms with Crippen LogP contribution in [0.5, 0.6) is 0 Å². The fourth-order valence-electron chi connectivity index (χ4n) is 2.19. The van der Waals surface area contributed by atoms with Gasteiger partial charge in [-0.1, -0.05) is 30.3 Å². The van der Waals surface area contributed by atoms with E-state index in [-0.39, 0.29) is 24.7 Å². The number of methoxy groups -OCH3 is 1. The van der Waals surface area contributed by atoms with Gasteiger partial charge in [-0.25, -0.2) is 14.5 Å². The quantitative estimate of drug-likeness (QED) is 0.602. The zero-order valence-electron chi connectivity index (χ0n) is 14.1. The van der Waals surface area contributed by atoms with Gasteiger partial charge >= 0.3 is 11.9 Å². The van der Waals surface area contributed by atoms with Crippen molar-refractivity contribution in [2.75, 3.05) is 13.7 Å². The topological polar surface area (TPSA) is 109 Å². The van der Waals surface area contributed by atoms with Crippen molar-refractivity contribution < 1.29 is 19.1 Å². The van der Waals surface area contributed by atoms with E-state index in [0.29, 0.717) is 9.88 Å². The number of carbonyl (C=O) groups is 2. The summed E-state index contributed by atoms with van der Waals surface area (Å²) < 4.78 is 11.0. The molecule has 0 spiro atoms. The second-order valence-electron chi connectivity index (χ2n) is 5.02. The molecule has 1 aromatic carbocycles. The van der Waals surface area contributed by atoms with E-state index in [1.165, 1.54) is 23.1 Å². The second-order valence-corrected chi connectivity index (χ2v) is 6.02. The number of aromatic nitrogens is 5. The minimum Gasteiger partial charge on any atom is -0.468 e. The lowest BCUT2D eigenvalue weighted by Gasteiger charge is -2.01. The summed E-state index contributed by atoms with van der Waals surface area (Å²) in [6.45, 7) is 1.80. The van der Waals surface area contributed by atoms with E-state index in [1.807, 2.05) is 30.3 Å². The molecule has 2 heterocycles. The number of benzene rings is 1.